The number of carbonyl (C=O) groups is 1. The first-order valence-electron chi connectivity index (χ1n) is 7.01. The summed E-state index contributed by atoms with van der Waals surface area (Å²) in [7, 11) is 0. The Bertz CT molecular complexity index is 832. The van der Waals surface area contributed by atoms with Gasteiger partial charge < -0.3 is 4.57 Å². The van der Waals surface area contributed by atoms with Crippen LogP contribution in [0, 0.1) is 6.92 Å². The maximum absolute atomic E-state index is 12.9. The fourth-order valence-electron chi connectivity index (χ4n) is 2.86. The smallest absolute Gasteiger partial charge is 0.209 e. The van der Waals surface area contributed by atoms with Crippen LogP contribution < -0.4 is 0 Å². The van der Waals surface area contributed by atoms with Crippen LogP contribution in [0.4, 0.5) is 0 Å². The Kier molecular flexibility index (Phi) is 3.68. The molecule has 0 aliphatic rings. The van der Waals surface area contributed by atoms with Gasteiger partial charge in [0.15, 0.2) is 0 Å². The molecule has 21 heavy (non-hydrogen) atoms. The molecule has 2 nitrogen and oxygen atoms in total. The summed E-state index contributed by atoms with van der Waals surface area (Å²) < 4.78 is 3.03. The second-order valence-electron chi connectivity index (χ2n) is 5.07. The van der Waals surface area contributed by atoms with Crippen LogP contribution in [0.1, 0.15) is 28.5 Å². The summed E-state index contributed by atoms with van der Waals surface area (Å²) in [6.07, 6.45) is 0. The van der Waals surface area contributed by atoms with Crippen molar-refractivity contribution in [1.29, 1.82) is 0 Å². The summed E-state index contributed by atoms with van der Waals surface area (Å²) in [5.74, 6) is 0.0758. The molecule has 1 aromatic heterocycles. The molecular formula is C18H16BrNO. The highest BCUT2D eigenvalue weighted by molar-refractivity contribution is 9.10. The predicted molar refractivity (Wildman–Crippen MR) is 89.9 cm³/mol. The Hall–Kier alpha value is -1.87. The van der Waals surface area contributed by atoms with Gasteiger partial charge in [0.05, 0.1) is 5.69 Å². The predicted octanol–water partition coefficient (Wildman–Crippen LogP) is 4.96. The van der Waals surface area contributed by atoms with E-state index in [1.807, 2.05) is 43.3 Å². The van der Waals surface area contributed by atoms with E-state index in [4.69, 9.17) is 0 Å². The second-order valence-corrected chi connectivity index (χ2v) is 5.99. The second kappa shape index (κ2) is 5.49. The zero-order valence-electron chi connectivity index (χ0n) is 12.1. The number of hydrogen-bond acceptors (Lipinski definition) is 1. The van der Waals surface area contributed by atoms with Crippen molar-refractivity contribution >= 4 is 32.6 Å². The van der Waals surface area contributed by atoms with Crippen molar-refractivity contribution in [3.05, 3.63) is 69.8 Å². The Morgan fingerprint density at radius 3 is 2.62 bits per heavy atom. The standard InChI is InChI=1S/C18H16BrNO/c1-3-20-16-10-5-4-9-15(16)12(2)17(20)18(21)13-7-6-8-14(19)11-13/h4-11H,3H2,1-2H3. The van der Waals surface area contributed by atoms with E-state index >= 15 is 0 Å². The topological polar surface area (TPSA) is 22.0 Å². The lowest BCUT2D eigenvalue weighted by atomic mass is 10.0. The minimum atomic E-state index is 0.0758. The Morgan fingerprint density at radius 2 is 1.90 bits per heavy atom. The average molecular weight is 342 g/mol. The fraction of sp³-hybridized carbons (Fsp3) is 0.167. The molecule has 3 heteroatoms. The van der Waals surface area contributed by atoms with Crippen LogP contribution in [-0.4, -0.2) is 10.4 Å². The third-order valence-corrected chi connectivity index (χ3v) is 4.34. The van der Waals surface area contributed by atoms with Gasteiger partial charge in [-0.3, -0.25) is 4.79 Å². The molecule has 0 aliphatic carbocycles. The van der Waals surface area contributed by atoms with E-state index in [1.165, 1.54) is 0 Å². The maximum atomic E-state index is 12.9. The number of fused-ring (bicyclic) bond motifs is 1. The summed E-state index contributed by atoms with van der Waals surface area (Å²) in [5.41, 5.74) is 3.68. The van der Waals surface area contributed by atoms with Crippen LogP contribution in [0.5, 0.6) is 0 Å². The molecule has 0 amide bonds. The molecule has 0 aliphatic heterocycles. The van der Waals surface area contributed by atoms with Crippen molar-refractivity contribution in [1.82, 2.24) is 4.57 Å². The first kappa shape index (κ1) is 14.1. The van der Waals surface area contributed by atoms with Crippen LogP contribution >= 0.6 is 15.9 Å². The highest BCUT2D eigenvalue weighted by Gasteiger charge is 2.20. The fourth-order valence-corrected chi connectivity index (χ4v) is 3.26. The molecule has 0 bridgehead atoms. The number of benzene rings is 2. The number of aryl methyl sites for hydroxylation is 2. The first-order valence-corrected chi connectivity index (χ1v) is 7.81. The van der Waals surface area contributed by atoms with Crippen LogP contribution in [-0.2, 0) is 6.54 Å². The summed E-state index contributed by atoms with van der Waals surface area (Å²) in [6, 6.07) is 15.7. The van der Waals surface area contributed by atoms with Crippen molar-refractivity contribution in [2.45, 2.75) is 20.4 Å². The van der Waals surface area contributed by atoms with Crippen molar-refractivity contribution < 1.29 is 4.79 Å². The molecule has 0 radical (unpaired) electrons. The Balaban J connectivity index is 2.25. The molecular weight excluding hydrogens is 326 g/mol. The molecule has 3 aromatic rings. The number of halogens is 1. The van der Waals surface area contributed by atoms with Crippen molar-refractivity contribution in [3.63, 3.8) is 0 Å². The molecule has 0 atom stereocenters. The quantitative estimate of drug-likeness (QED) is 0.617. The van der Waals surface area contributed by atoms with Gasteiger partial charge in [0.1, 0.15) is 0 Å². The molecule has 3 rings (SSSR count). The molecule has 0 unspecified atom stereocenters. The van der Waals surface area contributed by atoms with Gasteiger partial charge in [-0.15, -0.1) is 0 Å². The monoisotopic (exact) mass is 341 g/mol. The third kappa shape index (κ3) is 2.32. The van der Waals surface area contributed by atoms with E-state index in [9.17, 15) is 4.79 Å². The molecule has 2 aromatic carbocycles. The van der Waals surface area contributed by atoms with E-state index < -0.39 is 0 Å². The van der Waals surface area contributed by atoms with E-state index in [0.717, 1.165) is 33.2 Å². The SMILES string of the molecule is CCn1c(C(=O)c2cccc(Br)c2)c(C)c2ccccc21. The van der Waals surface area contributed by atoms with Gasteiger partial charge in [-0.25, -0.2) is 0 Å². The summed E-state index contributed by atoms with van der Waals surface area (Å²) in [6.45, 7) is 4.88. The molecule has 106 valence electrons. The Morgan fingerprint density at radius 1 is 1.14 bits per heavy atom. The molecule has 0 spiro atoms. The number of ketones is 1. The Labute approximate surface area is 132 Å². The van der Waals surface area contributed by atoms with E-state index in [0.29, 0.717) is 5.56 Å². The number of rotatable bonds is 3. The van der Waals surface area contributed by atoms with Crippen LogP contribution in [0.3, 0.4) is 0 Å². The van der Waals surface area contributed by atoms with Crippen LogP contribution in [0.15, 0.2) is 53.0 Å². The number of para-hydroxylation sites is 1. The van der Waals surface area contributed by atoms with Gasteiger partial charge in [-0.05, 0) is 37.6 Å². The van der Waals surface area contributed by atoms with Gasteiger partial charge in [-0.2, -0.15) is 0 Å². The largest absolute Gasteiger partial charge is 0.338 e. The average Bonchev–Trinajstić information content (AvgIpc) is 2.79. The molecule has 0 fully saturated rings. The van der Waals surface area contributed by atoms with E-state index in [1.54, 1.807) is 0 Å². The summed E-state index contributed by atoms with van der Waals surface area (Å²) in [4.78, 5) is 12.9. The molecule has 0 saturated heterocycles. The van der Waals surface area contributed by atoms with Crippen molar-refractivity contribution in [3.8, 4) is 0 Å². The summed E-state index contributed by atoms with van der Waals surface area (Å²) in [5, 5.41) is 1.15. The molecule has 0 saturated carbocycles. The number of hydrogen-bond donors (Lipinski definition) is 0. The number of carbonyl (C=O) groups excluding carboxylic acids is 1. The normalized spacial score (nSPS) is 11.0. The number of nitrogens with zero attached hydrogens (tertiary/aromatic N) is 1. The van der Waals surface area contributed by atoms with Gasteiger partial charge in [-0.1, -0.05) is 46.3 Å². The molecule has 1 heterocycles. The highest BCUT2D eigenvalue weighted by atomic mass is 79.9. The zero-order chi connectivity index (χ0) is 15.0. The lowest BCUT2D eigenvalue weighted by molar-refractivity contribution is 0.103. The van der Waals surface area contributed by atoms with Gasteiger partial charge >= 0.3 is 0 Å². The summed E-state index contributed by atoms with van der Waals surface area (Å²) >= 11 is 3.43. The van der Waals surface area contributed by atoms with Crippen molar-refractivity contribution in [2.75, 3.05) is 0 Å². The lowest BCUT2D eigenvalue weighted by Gasteiger charge is -2.08. The van der Waals surface area contributed by atoms with Gasteiger partial charge in [0, 0.05) is 27.5 Å². The molecule has 0 N–H and O–H groups in total. The highest BCUT2D eigenvalue weighted by Crippen LogP contribution is 2.28. The maximum Gasteiger partial charge on any atom is 0.209 e. The third-order valence-electron chi connectivity index (χ3n) is 3.84. The first-order chi connectivity index (χ1) is 10.1. The van der Waals surface area contributed by atoms with Gasteiger partial charge in [0.25, 0.3) is 0 Å². The number of aromatic nitrogens is 1. The van der Waals surface area contributed by atoms with E-state index in [2.05, 4.69) is 39.6 Å². The minimum absolute atomic E-state index is 0.0758. The van der Waals surface area contributed by atoms with Crippen molar-refractivity contribution in [2.24, 2.45) is 0 Å². The van der Waals surface area contributed by atoms with Crippen LogP contribution in [0.25, 0.3) is 10.9 Å². The van der Waals surface area contributed by atoms with Gasteiger partial charge in [0.2, 0.25) is 5.78 Å². The van der Waals surface area contributed by atoms with E-state index in [-0.39, 0.29) is 5.78 Å². The van der Waals surface area contributed by atoms with Crippen LogP contribution in [0.2, 0.25) is 0 Å². The lowest BCUT2D eigenvalue weighted by Crippen LogP contribution is -2.10. The minimum Gasteiger partial charge on any atom is -0.338 e. The zero-order valence-corrected chi connectivity index (χ0v) is 13.6.